The minimum Gasteiger partial charge on any atom is -0.452 e. The number of nitrogen functional groups attached to an aromatic ring is 1. The van der Waals surface area contributed by atoms with Crippen molar-refractivity contribution in [1.82, 2.24) is 10.6 Å². The number of carbonyl (C=O) groups is 3. The first-order valence-corrected chi connectivity index (χ1v) is 5.95. The average molecular weight is 279 g/mol. The Morgan fingerprint density at radius 2 is 1.95 bits per heavy atom. The molecule has 0 atom stereocenters. The molecule has 0 heterocycles. The summed E-state index contributed by atoms with van der Waals surface area (Å²) in [6.07, 6.45) is 0. The number of rotatable bonds is 5. The number of hydrogen-bond acceptors (Lipinski definition) is 5. The van der Waals surface area contributed by atoms with Crippen molar-refractivity contribution in [2.45, 2.75) is 6.92 Å². The molecule has 0 saturated heterocycles. The van der Waals surface area contributed by atoms with Crippen molar-refractivity contribution in [3.8, 4) is 0 Å². The molecule has 7 heteroatoms. The second-order valence-electron chi connectivity index (χ2n) is 4.06. The lowest BCUT2D eigenvalue weighted by Gasteiger charge is -2.08. The van der Waals surface area contributed by atoms with Crippen LogP contribution >= 0.6 is 0 Å². The Kier molecular flexibility index (Phi) is 5.52. The molecule has 1 aromatic rings. The third kappa shape index (κ3) is 4.27. The number of anilines is 1. The number of carbonyl (C=O) groups excluding carboxylic acids is 3. The smallest absolute Gasteiger partial charge is 0.340 e. The quantitative estimate of drug-likeness (QED) is 0.501. The molecule has 2 amide bonds. The van der Waals surface area contributed by atoms with E-state index in [-0.39, 0.29) is 18.0 Å². The van der Waals surface area contributed by atoms with E-state index in [1.165, 1.54) is 13.1 Å². The average Bonchev–Trinajstić information content (AvgIpc) is 2.44. The highest BCUT2D eigenvalue weighted by Gasteiger charge is 2.14. The van der Waals surface area contributed by atoms with Crippen LogP contribution in [0, 0.1) is 6.92 Å². The molecule has 4 N–H and O–H groups in total. The maximum Gasteiger partial charge on any atom is 0.340 e. The molecule has 0 aliphatic carbocycles. The summed E-state index contributed by atoms with van der Waals surface area (Å²) in [5, 5.41) is 4.65. The summed E-state index contributed by atoms with van der Waals surface area (Å²) in [5.41, 5.74) is 7.04. The highest BCUT2D eigenvalue weighted by molar-refractivity contribution is 5.97. The van der Waals surface area contributed by atoms with Crippen molar-refractivity contribution < 1.29 is 19.1 Å². The molecular weight excluding hydrogens is 262 g/mol. The minimum absolute atomic E-state index is 0.167. The van der Waals surface area contributed by atoms with Crippen LogP contribution in [-0.4, -0.2) is 38.0 Å². The van der Waals surface area contributed by atoms with E-state index in [1.54, 1.807) is 19.1 Å². The first-order chi connectivity index (χ1) is 9.45. The van der Waals surface area contributed by atoms with Crippen LogP contribution in [0.3, 0.4) is 0 Å². The standard InChI is InChI=1S/C13H17N3O4/c1-8-4-3-5-9(12(8)14)13(19)20-7-11(18)16-6-10(17)15-2/h3-5H,6-7,14H2,1-2H3,(H,15,17)(H,16,18). The Balaban J connectivity index is 2.49. The van der Waals surface area contributed by atoms with Crippen molar-refractivity contribution in [3.63, 3.8) is 0 Å². The van der Waals surface area contributed by atoms with Crippen molar-refractivity contribution >= 4 is 23.5 Å². The topological polar surface area (TPSA) is 111 Å². The highest BCUT2D eigenvalue weighted by atomic mass is 16.5. The number of nitrogens with two attached hydrogens (primary N) is 1. The lowest BCUT2D eigenvalue weighted by atomic mass is 10.1. The molecular formula is C13H17N3O4. The number of benzene rings is 1. The maximum atomic E-state index is 11.8. The van der Waals surface area contributed by atoms with Crippen LogP contribution < -0.4 is 16.4 Å². The molecule has 7 nitrogen and oxygen atoms in total. The summed E-state index contributed by atoms with van der Waals surface area (Å²) < 4.78 is 4.83. The molecule has 0 unspecified atom stereocenters. The summed E-state index contributed by atoms with van der Waals surface area (Å²) in [5.74, 6) is -1.58. The lowest BCUT2D eigenvalue weighted by molar-refractivity contribution is -0.127. The molecule has 1 rings (SSSR count). The first-order valence-electron chi connectivity index (χ1n) is 5.95. The predicted octanol–water partition coefficient (Wildman–Crippen LogP) is -0.404. The zero-order chi connectivity index (χ0) is 15.1. The zero-order valence-corrected chi connectivity index (χ0v) is 11.4. The van der Waals surface area contributed by atoms with Gasteiger partial charge in [-0.3, -0.25) is 9.59 Å². The predicted molar refractivity (Wildman–Crippen MR) is 73.0 cm³/mol. The van der Waals surface area contributed by atoms with Gasteiger partial charge in [-0.05, 0) is 18.6 Å². The number of ether oxygens (including phenoxy) is 1. The molecule has 0 fully saturated rings. The Labute approximate surface area is 116 Å². The third-order valence-corrected chi connectivity index (χ3v) is 2.60. The number of para-hydroxylation sites is 1. The number of likely N-dealkylation sites (N-methyl/N-ethyl adjacent to an activating group) is 1. The van der Waals surface area contributed by atoms with Gasteiger partial charge in [0, 0.05) is 12.7 Å². The summed E-state index contributed by atoms with van der Waals surface area (Å²) in [4.78, 5) is 34.0. The molecule has 0 aliphatic rings. The Bertz CT molecular complexity index is 528. The number of hydrogen-bond donors (Lipinski definition) is 3. The fourth-order valence-electron chi connectivity index (χ4n) is 1.39. The van der Waals surface area contributed by atoms with E-state index in [0.29, 0.717) is 5.69 Å². The SMILES string of the molecule is CNC(=O)CNC(=O)COC(=O)c1cccc(C)c1N. The molecule has 0 radical (unpaired) electrons. The van der Waals surface area contributed by atoms with Gasteiger partial charge in [0.15, 0.2) is 6.61 Å². The van der Waals surface area contributed by atoms with Crippen LogP contribution in [0.25, 0.3) is 0 Å². The number of nitrogens with one attached hydrogen (secondary N) is 2. The van der Waals surface area contributed by atoms with E-state index >= 15 is 0 Å². The van der Waals surface area contributed by atoms with E-state index < -0.39 is 18.5 Å². The number of amides is 2. The van der Waals surface area contributed by atoms with Crippen molar-refractivity contribution in [1.29, 1.82) is 0 Å². The number of esters is 1. The van der Waals surface area contributed by atoms with E-state index in [9.17, 15) is 14.4 Å². The zero-order valence-electron chi connectivity index (χ0n) is 11.4. The fourth-order valence-corrected chi connectivity index (χ4v) is 1.39. The lowest BCUT2D eigenvalue weighted by Crippen LogP contribution is -2.37. The van der Waals surface area contributed by atoms with Crippen LogP contribution in [-0.2, 0) is 14.3 Å². The first kappa shape index (κ1) is 15.5. The highest BCUT2D eigenvalue weighted by Crippen LogP contribution is 2.17. The van der Waals surface area contributed by atoms with Gasteiger partial charge < -0.3 is 21.1 Å². The van der Waals surface area contributed by atoms with Gasteiger partial charge in [-0.2, -0.15) is 0 Å². The van der Waals surface area contributed by atoms with Gasteiger partial charge in [0.05, 0.1) is 12.1 Å². The second kappa shape index (κ2) is 7.13. The van der Waals surface area contributed by atoms with Gasteiger partial charge in [-0.1, -0.05) is 12.1 Å². The molecule has 0 aromatic heterocycles. The summed E-state index contributed by atoms with van der Waals surface area (Å²) >= 11 is 0. The summed E-state index contributed by atoms with van der Waals surface area (Å²) in [7, 11) is 1.45. The van der Waals surface area contributed by atoms with Crippen LogP contribution in [0.5, 0.6) is 0 Å². The van der Waals surface area contributed by atoms with E-state index in [4.69, 9.17) is 10.5 Å². The van der Waals surface area contributed by atoms with E-state index in [1.807, 2.05) is 0 Å². The normalized spacial score (nSPS) is 9.70. The Morgan fingerprint density at radius 3 is 2.60 bits per heavy atom. The molecule has 0 saturated carbocycles. The summed E-state index contributed by atoms with van der Waals surface area (Å²) in [6, 6.07) is 4.96. The molecule has 108 valence electrons. The molecule has 0 aliphatic heterocycles. The van der Waals surface area contributed by atoms with Crippen LogP contribution in [0.2, 0.25) is 0 Å². The summed E-state index contributed by atoms with van der Waals surface area (Å²) in [6.45, 7) is 1.13. The van der Waals surface area contributed by atoms with E-state index in [2.05, 4.69) is 10.6 Å². The van der Waals surface area contributed by atoms with Gasteiger partial charge in [-0.25, -0.2) is 4.79 Å². The molecule has 0 spiro atoms. The fraction of sp³-hybridized carbons (Fsp3) is 0.308. The Morgan fingerprint density at radius 1 is 1.25 bits per heavy atom. The monoisotopic (exact) mass is 279 g/mol. The second-order valence-corrected chi connectivity index (χ2v) is 4.06. The molecule has 0 bridgehead atoms. The van der Waals surface area contributed by atoms with Gasteiger partial charge in [0.25, 0.3) is 5.91 Å². The molecule has 1 aromatic carbocycles. The third-order valence-electron chi connectivity index (χ3n) is 2.60. The van der Waals surface area contributed by atoms with Gasteiger partial charge in [0.2, 0.25) is 5.91 Å². The number of aryl methyl sites for hydroxylation is 1. The van der Waals surface area contributed by atoms with Gasteiger partial charge in [0.1, 0.15) is 0 Å². The van der Waals surface area contributed by atoms with Gasteiger partial charge >= 0.3 is 5.97 Å². The molecule has 20 heavy (non-hydrogen) atoms. The van der Waals surface area contributed by atoms with E-state index in [0.717, 1.165) is 5.56 Å². The van der Waals surface area contributed by atoms with Gasteiger partial charge in [-0.15, -0.1) is 0 Å². The minimum atomic E-state index is -0.679. The van der Waals surface area contributed by atoms with Crippen LogP contribution in [0.15, 0.2) is 18.2 Å². The van der Waals surface area contributed by atoms with Crippen molar-refractivity contribution in [2.75, 3.05) is 25.9 Å². The van der Waals surface area contributed by atoms with Crippen molar-refractivity contribution in [3.05, 3.63) is 29.3 Å². The maximum absolute atomic E-state index is 11.8. The van der Waals surface area contributed by atoms with Crippen LogP contribution in [0.1, 0.15) is 15.9 Å². The van der Waals surface area contributed by atoms with Crippen LogP contribution in [0.4, 0.5) is 5.69 Å². The van der Waals surface area contributed by atoms with Crippen molar-refractivity contribution in [2.24, 2.45) is 0 Å². The Hall–Kier alpha value is -2.57. The largest absolute Gasteiger partial charge is 0.452 e.